The molecule has 0 amide bonds. The van der Waals surface area contributed by atoms with E-state index in [-0.39, 0.29) is 6.04 Å². The third kappa shape index (κ3) is 4.18. The van der Waals surface area contributed by atoms with Gasteiger partial charge in [0, 0.05) is 16.8 Å². The number of hydrogen-bond donors (Lipinski definition) is 1. The highest BCUT2D eigenvalue weighted by atomic mass is 35.5. The predicted molar refractivity (Wildman–Crippen MR) is 108 cm³/mol. The van der Waals surface area contributed by atoms with E-state index in [2.05, 4.69) is 17.1 Å². The minimum atomic E-state index is 0.0950. The lowest BCUT2D eigenvalue weighted by Crippen LogP contribution is -2.45. The molecular weight excluding hydrogens is 352 g/mol. The van der Waals surface area contributed by atoms with Crippen molar-refractivity contribution in [3.63, 3.8) is 0 Å². The van der Waals surface area contributed by atoms with E-state index in [1.807, 2.05) is 37.3 Å². The number of benzene rings is 1. The molecular formula is C20H25ClN2OS. The highest BCUT2D eigenvalue weighted by Crippen LogP contribution is 2.32. The fourth-order valence-electron chi connectivity index (χ4n) is 3.61. The Labute approximate surface area is 160 Å². The molecule has 3 nitrogen and oxygen atoms in total. The van der Waals surface area contributed by atoms with Gasteiger partial charge in [0.15, 0.2) is 5.11 Å². The summed E-state index contributed by atoms with van der Waals surface area (Å²) in [5, 5.41) is 4.91. The summed E-state index contributed by atoms with van der Waals surface area (Å²) in [5.74, 6) is 0.942. The molecule has 1 N–H and O–H groups in total. The van der Waals surface area contributed by atoms with E-state index >= 15 is 0 Å². The van der Waals surface area contributed by atoms with E-state index in [1.54, 1.807) is 6.26 Å². The third-order valence-corrected chi connectivity index (χ3v) is 5.81. The molecule has 1 aliphatic rings. The normalized spacial score (nSPS) is 16.4. The van der Waals surface area contributed by atoms with Crippen molar-refractivity contribution in [1.82, 2.24) is 4.90 Å². The van der Waals surface area contributed by atoms with Gasteiger partial charge < -0.3 is 14.6 Å². The molecule has 1 fully saturated rings. The molecule has 0 radical (unpaired) electrons. The van der Waals surface area contributed by atoms with Crippen molar-refractivity contribution in [1.29, 1.82) is 0 Å². The van der Waals surface area contributed by atoms with Crippen molar-refractivity contribution in [3.8, 4) is 0 Å². The topological polar surface area (TPSA) is 28.4 Å². The predicted octanol–water partition coefficient (Wildman–Crippen LogP) is 6.33. The van der Waals surface area contributed by atoms with Crippen LogP contribution in [-0.4, -0.2) is 16.1 Å². The summed E-state index contributed by atoms with van der Waals surface area (Å²) >= 11 is 12.1. The lowest BCUT2D eigenvalue weighted by Gasteiger charge is -2.40. The van der Waals surface area contributed by atoms with Crippen LogP contribution >= 0.6 is 23.8 Å². The van der Waals surface area contributed by atoms with E-state index in [9.17, 15) is 0 Å². The van der Waals surface area contributed by atoms with Gasteiger partial charge in [0.25, 0.3) is 0 Å². The zero-order chi connectivity index (χ0) is 17.8. The largest absolute Gasteiger partial charge is 0.467 e. The highest BCUT2D eigenvalue weighted by Gasteiger charge is 2.29. The first-order chi connectivity index (χ1) is 12.1. The molecule has 1 saturated carbocycles. The van der Waals surface area contributed by atoms with Crippen LogP contribution in [0.1, 0.15) is 56.4 Å². The van der Waals surface area contributed by atoms with Crippen LogP contribution in [0.2, 0.25) is 5.02 Å². The van der Waals surface area contributed by atoms with Crippen molar-refractivity contribution < 1.29 is 4.42 Å². The maximum atomic E-state index is 6.26. The Hall–Kier alpha value is -1.52. The zero-order valence-electron chi connectivity index (χ0n) is 14.8. The lowest BCUT2D eigenvalue weighted by molar-refractivity contribution is 0.186. The summed E-state index contributed by atoms with van der Waals surface area (Å²) in [4.78, 5) is 2.31. The first-order valence-corrected chi connectivity index (χ1v) is 9.74. The number of anilines is 1. The smallest absolute Gasteiger partial charge is 0.174 e. The third-order valence-electron chi connectivity index (χ3n) is 5.08. The van der Waals surface area contributed by atoms with Gasteiger partial charge in [-0.25, -0.2) is 0 Å². The van der Waals surface area contributed by atoms with E-state index in [0.29, 0.717) is 6.04 Å². The Morgan fingerprint density at radius 3 is 2.68 bits per heavy atom. The van der Waals surface area contributed by atoms with Crippen LogP contribution in [0.3, 0.4) is 0 Å². The second kappa shape index (κ2) is 8.24. The van der Waals surface area contributed by atoms with Crippen molar-refractivity contribution in [3.05, 3.63) is 52.9 Å². The maximum Gasteiger partial charge on any atom is 0.174 e. The van der Waals surface area contributed by atoms with Gasteiger partial charge in [-0.05, 0) is 68.7 Å². The van der Waals surface area contributed by atoms with Gasteiger partial charge >= 0.3 is 0 Å². The summed E-state index contributed by atoms with van der Waals surface area (Å²) in [6, 6.07) is 10.3. The lowest BCUT2D eigenvalue weighted by atomic mass is 9.93. The second-order valence-corrected chi connectivity index (χ2v) is 7.53. The van der Waals surface area contributed by atoms with Crippen molar-refractivity contribution in [2.75, 3.05) is 5.32 Å². The first kappa shape index (κ1) is 18.3. The van der Waals surface area contributed by atoms with Crippen LogP contribution in [0.25, 0.3) is 0 Å². The van der Waals surface area contributed by atoms with Crippen molar-refractivity contribution in [2.24, 2.45) is 0 Å². The summed E-state index contributed by atoms with van der Waals surface area (Å²) in [6.07, 6.45) is 7.88. The molecule has 5 heteroatoms. The summed E-state index contributed by atoms with van der Waals surface area (Å²) in [6.45, 7) is 4.17. The Morgan fingerprint density at radius 1 is 1.24 bits per heavy atom. The number of nitrogens with zero attached hydrogens (tertiary/aromatic N) is 1. The molecule has 3 rings (SSSR count). The van der Waals surface area contributed by atoms with Gasteiger partial charge in [-0.15, -0.1) is 0 Å². The average molecular weight is 377 g/mol. The van der Waals surface area contributed by atoms with Crippen molar-refractivity contribution >= 4 is 34.6 Å². The summed E-state index contributed by atoms with van der Waals surface area (Å²) < 4.78 is 5.66. The molecule has 1 aromatic carbocycles. The number of furan rings is 1. The minimum Gasteiger partial charge on any atom is -0.467 e. The summed E-state index contributed by atoms with van der Waals surface area (Å²) in [7, 11) is 0. The molecule has 0 bridgehead atoms. The van der Waals surface area contributed by atoms with Crippen LogP contribution in [0.5, 0.6) is 0 Å². The molecule has 1 aliphatic carbocycles. The quantitative estimate of drug-likeness (QED) is 0.630. The number of halogens is 1. The molecule has 25 heavy (non-hydrogen) atoms. The molecule has 0 aliphatic heterocycles. The van der Waals surface area contributed by atoms with Gasteiger partial charge in [-0.1, -0.05) is 36.9 Å². The number of nitrogens with one attached hydrogen (secondary N) is 1. The number of thiocarbonyl (C=S) groups is 1. The van der Waals surface area contributed by atoms with E-state index < -0.39 is 0 Å². The number of rotatable bonds is 4. The van der Waals surface area contributed by atoms with Crippen molar-refractivity contribution in [2.45, 2.75) is 58.0 Å². The van der Waals surface area contributed by atoms with Gasteiger partial charge in [0.1, 0.15) is 5.76 Å². The van der Waals surface area contributed by atoms with Crippen LogP contribution in [0.4, 0.5) is 5.69 Å². The highest BCUT2D eigenvalue weighted by molar-refractivity contribution is 7.80. The first-order valence-electron chi connectivity index (χ1n) is 8.95. The molecule has 134 valence electrons. The van der Waals surface area contributed by atoms with Gasteiger partial charge in [-0.2, -0.15) is 0 Å². The van der Waals surface area contributed by atoms with E-state index in [0.717, 1.165) is 27.1 Å². The Bertz CT molecular complexity index is 710. The Kier molecular flexibility index (Phi) is 6.02. The van der Waals surface area contributed by atoms with Gasteiger partial charge in [0.05, 0.1) is 12.3 Å². The molecule has 0 spiro atoms. The fourth-order valence-corrected chi connectivity index (χ4v) is 4.20. The SMILES string of the molecule is Cc1c(Cl)cccc1NC(=S)N(C1CCCCC1)[C@H](C)c1ccco1. The molecule has 1 aromatic heterocycles. The van der Waals surface area contributed by atoms with Gasteiger partial charge in [0.2, 0.25) is 0 Å². The average Bonchev–Trinajstić information content (AvgIpc) is 3.15. The van der Waals surface area contributed by atoms with Crippen LogP contribution in [-0.2, 0) is 0 Å². The minimum absolute atomic E-state index is 0.0950. The Balaban J connectivity index is 1.85. The molecule has 0 unspecified atom stereocenters. The molecule has 2 aromatic rings. The molecule has 1 atom stereocenters. The molecule has 1 heterocycles. The van der Waals surface area contributed by atoms with Crippen LogP contribution in [0, 0.1) is 6.92 Å². The second-order valence-electron chi connectivity index (χ2n) is 6.73. The van der Waals surface area contributed by atoms with Crippen LogP contribution in [0.15, 0.2) is 41.0 Å². The zero-order valence-corrected chi connectivity index (χ0v) is 16.4. The molecule has 0 saturated heterocycles. The number of hydrogen-bond acceptors (Lipinski definition) is 2. The van der Waals surface area contributed by atoms with E-state index in [4.69, 9.17) is 28.2 Å². The fraction of sp³-hybridized carbons (Fsp3) is 0.450. The Morgan fingerprint density at radius 2 is 2.00 bits per heavy atom. The maximum absolute atomic E-state index is 6.26. The standard InChI is InChI=1S/C20H25ClN2OS/c1-14-17(21)10-6-11-18(14)22-20(25)23(16-8-4-3-5-9-16)15(2)19-12-7-13-24-19/h6-7,10-13,15-16H,3-5,8-9H2,1-2H3,(H,22,25)/t15-/m1/s1. The van der Waals surface area contributed by atoms with Gasteiger partial charge in [-0.3, -0.25) is 0 Å². The van der Waals surface area contributed by atoms with E-state index in [1.165, 1.54) is 32.1 Å². The monoisotopic (exact) mass is 376 g/mol. The van der Waals surface area contributed by atoms with Crippen LogP contribution < -0.4 is 5.32 Å². The summed E-state index contributed by atoms with van der Waals surface area (Å²) in [5.41, 5.74) is 1.98.